The van der Waals surface area contributed by atoms with E-state index in [2.05, 4.69) is 0 Å². The van der Waals surface area contributed by atoms with Gasteiger partial charge in [-0.05, 0) is 55.8 Å². The minimum Gasteiger partial charge on any atom is -0.481 e. The first-order valence-electron chi connectivity index (χ1n) is 7.75. The van der Waals surface area contributed by atoms with E-state index in [1.807, 2.05) is 12.2 Å². The molecule has 108 valence electrons. The van der Waals surface area contributed by atoms with Crippen molar-refractivity contribution in [3.63, 3.8) is 0 Å². The summed E-state index contributed by atoms with van der Waals surface area (Å²) in [5, 5.41) is 9.38. The Balaban J connectivity index is 1.48. The number of fused-ring (bicyclic) bond motifs is 4. The molecule has 4 nitrogen and oxygen atoms in total. The first-order valence-corrected chi connectivity index (χ1v) is 7.75. The Morgan fingerprint density at radius 3 is 2.35 bits per heavy atom. The van der Waals surface area contributed by atoms with Crippen LogP contribution in [-0.4, -0.2) is 23.1 Å². The Morgan fingerprint density at radius 2 is 1.75 bits per heavy atom. The molecule has 4 bridgehead atoms. The monoisotopic (exact) mass is 276 g/mol. The van der Waals surface area contributed by atoms with E-state index in [9.17, 15) is 14.7 Å². The van der Waals surface area contributed by atoms with Crippen LogP contribution in [0.2, 0.25) is 0 Å². The number of hydrogen-bond donors (Lipinski definition) is 1. The zero-order valence-electron chi connectivity index (χ0n) is 11.4. The molecule has 0 radical (unpaired) electrons. The SMILES string of the molecule is O=C(O[C@@H]1C[C@H]2CC[C@@H]1C2)[C@@H]1[C@@H](C(=O)O)[C@H]2C=C[C@@H]1C2. The number of carbonyl (C=O) groups is 2. The summed E-state index contributed by atoms with van der Waals surface area (Å²) in [7, 11) is 0. The summed E-state index contributed by atoms with van der Waals surface area (Å²) in [6, 6.07) is 0. The zero-order valence-corrected chi connectivity index (χ0v) is 11.4. The van der Waals surface area contributed by atoms with Crippen molar-refractivity contribution in [1.29, 1.82) is 0 Å². The van der Waals surface area contributed by atoms with E-state index in [4.69, 9.17) is 4.74 Å². The van der Waals surface area contributed by atoms with Gasteiger partial charge in [0.2, 0.25) is 0 Å². The van der Waals surface area contributed by atoms with Gasteiger partial charge in [0.25, 0.3) is 0 Å². The molecule has 0 unspecified atom stereocenters. The first kappa shape index (κ1) is 12.4. The Morgan fingerprint density at radius 1 is 1.00 bits per heavy atom. The average Bonchev–Trinajstić information content (AvgIpc) is 3.16. The number of aliphatic carboxylic acids is 1. The van der Waals surface area contributed by atoms with Crippen LogP contribution in [0.1, 0.15) is 32.1 Å². The third-order valence-electron chi connectivity index (χ3n) is 5.96. The number of allylic oxidation sites excluding steroid dienone is 2. The lowest BCUT2D eigenvalue weighted by Gasteiger charge is -2.27. The fraction of sp³-hybridized carbons (Fsp3) is 0.750. The molecule has 4 heteroatoms. The standard InChI is InChI=1S/C16H20O4/c17-15(18)13-10-3-4-11(7-10)14(13)16(19)20-12-6-8-1-2-9(12)5-8/h3-4,8-14H,1-2,5-7H2,(H,17,18)/t8-,9+,10-,11+,12+,13-,14-/m0/s1. The third kappa shape index (κ3) is 1.73. The second-order valence-corrected chi connectivity index (χ2v) is 6.99. The fourth-order valence-electron chi connectivity index (χ4n) is 5.04. The van der Waals surface area contributed by atoms with Gasteiger partial charge in [-0.15, -0.1) is 0 Å². The van der Waals surface area contributed by atoms with Crippen LogP contribution in [0.15, 0.2) is 12.2 Å². The van der Waals surface area contributed by atoms with Crippen molar-refractivity contribution < 1.29 is 19.4 Å². The molecule has 0 spiro atoms. The van der Waals surface area contributed by atoms with Gasteiger partial charge in [0.1, 0.15) is 6.10 Å². The maximum atomic E-state index is 12.5. The highest BCUT2D eigenvalue weighted by molar-refractivity contribution is 5.83. The van der Waals surface area contributed by atoms with Crippen molar-refractivity contribution >= 4 is 11.9 Å². The summed E-state index contributed by atoms with van der Waals surface area (Å²) in [6.07, 6.45) is 9.45. The van der Waals surface area contributed by atoms with Crippen molar-refractivity contribution in [2.24, 2.45) is 35.5 Å². The third-order valence-corrected chi connectivity index (χ3v) is 5.96. The minimum absolute atomic E-state index is 0.0232. The molecule has 0 aromatic heterocycles. The molecule has 4 aliphatic rings. The summed E-state index contributed by atoms with van der Waals surface area (Å²) in [5.74, 6) is -0.780. The van der Waals surface area contributed by atoms with Crippen LogP contribution >= 0.6 is 0 Å². The van der Waals surface area contributed by atoms with Crippen LogP contribution in [0, 0.1) is 35.5 Å². The van der Waals surface area contributed by atoms with E-state index in [0.717, 1.165) is 18.8 Å². The van der Waals surface area contributed by atoms with Crippen molar-refractivity contribution in [3.8, 4) is 0 Å². The molecule has 4 rings (SSSR count). The maximum Gasteiger partial charge on any atom is 0.310 e. The fourth-order valence-corrected chi connectivity index (χ4v) is 5.04. The molecule has 7 atom stereocenters. The maximum absolute atomic E-state index is 12.5. The summed E-state index contributed by atoms with van der Waals surface area (Å²) in [5.41, 5.74) is 0. The smallest absolute Gasteiger partial charge is 0.310 e. The Bertz CT molecular complexity index is 483. The zero-order chi connectivity index (χ0) is 13.9. The van der Waals surface area contributed by atoms with E-state index in [0.29, 0.717) is 5.92 Å². The van der Waals surface area contributed by atoms with Gasteiger partial charge in [-0.1, -0.05) is 12.2 Å². The summed E-state index contributed by atoms with van der Waals surface area (Å²) in [6.45, 7) is 0. The molecule has 1 N–H and O–H groups in total. The van der Waals surface area contributed by atoms with Crippen molar-refractivity contribution in [3.05, 3.63) is 12.2 Å². The Hall–Kier alpha value is -1.32. The summed E-state index contributed by atoms with van der Waals surface area (Å²) < 4.78 is 5.73. The molecule has 3 fully saturated rings. The minimum atomic E-state index is -0.850. The van der Waals surface area contributed by atoms with Gasteiger partial charge in [-0.25, -0.2) is 0 Å². The molecule has 0 aromatic carbocycles. The molecule has 0 heterocycles. The van der Waals surface area contributed by atoms with Crippen molar-refractivity contribution in [2.45, 2.75) is 38.2 Å². The largest absolute Gasteiger partial charge is 0.481 e. The number of ether oxygens (including phenoxy) is 1. The second-order valence-electron chi connectivity index (χ2n) is 6.99. The lowest BCUT2D eigenvalue weighted by atomic mass is 9.83. The van der Waals surface area contributed by atoms with E-state index in [1.165, 1.54) is 19.3 Å². The van der Waals surface area contributed by atoms with E-state index < -0.39 is 17.8 Å². The van der Waals surface area contributed by atoms with Crippen LogP contribution in [0.25, 0.3) is 0 Å². The molecule has 20 heavy (non-hydrogen) atoms. The lowest BCUT2D eigenvalue weighted by molar-refractivity contribution is -0.164. The van der Waals surface area contributed by atoms with Gasteiger partial charge in [0, 0.05) is 0 Å². The molecular formula is C16H20O4. The Kier molecular flexibility index (Phi) is 2.69. The van der Waals surface area contributed by atoms with E-state index in [-0.39, 0.29) is 23.9 Å². The molecule has 0 amide bonds. The lowest BCUT2D eigenvalue weighted by Crippen LogP contribution is -2.37. The van der Waals surface area contributed by atoms with Gasteiger partial charge in [-0.3, -0.25) is 9.59 Å². The van der Waals surface area contributed by atoms with Crippen LogP contribution in [-0.2, 0) is 14.3 Å². The predicted molar refractivity (Wildman–Crippen MR) is 70.7 cm³/mol. The summed E-state index contributed by atoms with van der Waals surface area (Å²) in [4.78, 5) is 23.9. The number of hydrogen-bond acceptors (Lipinski definition) is 3. The van der Waals surface area contributed by atoms with Gasteiger partial charge in [0.05, 0.1) is 11.8 Å². The quantitative estimate of drug-likeness (QED) is 0.634. The van der Waals surface area contributed by atoms with Crippen LogP contribution < -0.4 is 0 Å². The molecule has 0 aliphatic heterocycles. The van der Waals surface area contributed by atoms with Gasteiger partial charge in [0.15, 0.2) is 0 Å². The summed E-state index contributed by atoms with van der Waals surface area (Å²) >= 11 is 0. The van der Waals surface area contributed by atoms with Crippen molar-refractivity contribution in [1.82, 2.24) is 0 Å². The number of carboxylic acid groups (broad SMARTS) is 1. The van der Waals surface area contributed by atoms with Gasteiger partial charge >= 0.3 is 11.9 Å². The van der Waals surface area contributed by atoms with Gasteiger partial charge < -0.3 is 9.84 Å². The Labute approximate surface area is 118 Å². The first-order chi connectivity index (χ1) is 9.63. The average molecular weight is 276 g/mol. The van der Waals surface area contributed by atoms with Crippen LogP contribution in [0.3, 0.4) is 0 Å². The molecular weight excluding hydrogens is 256 g/mol. The molecule has 3 saturated carbocycles. The van der Waals surface area contributed by atoms with Crippen LogP contribution in [0.4, 0.5) is 0 Å². The molecule has 0 saturated heterocycles. The number of carbonyl (C=O) groups excluding carboxylic acids is 1. The van der Waals surface area contributed by atoms with Crippen LogP contribution in [0.5, 0.6) is 0 Å². The normalized spacial score (nSPS) is 47.9. The highest BCUT2D eigenvalue weighted by Gasteiger charge is 2.53. The molecule has 0 aromatic rings. The van der Waals surface area contributed by atoms with Crippen molar-refractivity contribution in [2.75, 3.05) is 0 Å². The second kappa shape index (κ2) is 4.34. The van der Waals surface area contributed by atoms with E-state index >= 15 is 0 Å². The predicted octanol–water partition coefficient (Wildman–Crippen LogP) is 2.24. The number of rotatable bonds is 3. The number of carboxylic acids is 1. The topological polar surface area (TPSA) is 63.6 Å². The van der Waals surface area contributed by atoms with Gasteiger partial charge in [-0.2, -0.15) is 0 Å². The molecule has 4 aliphatic carbocycles. The van der Waals surface area contributed by atoms with E-state index in [1.54, 1.807) is 0 Å². The number of esters is 1. The highest BCUT2D eigenvalue weighted by atomic mass is 16.5. The highest BCUT2D eigenvalue weighted by Crippen LogP contribution is 2.50.